The van der Waals surface area contributed by atoms with Gasteiger partial charge in [-0.05, 0) is 38.5 Å². The zero-order chi connectivity index (χ0) is 21.1. The van der Waals surface area contributed by atoms with E-state index in [1.807, 2.05) is 69.4 Å². The fourth-order valence-electron chi connectivity index (χ4n) is 3.18. The fraction of sp³-hybridized carbons (Fsp3) is 0.174. The summed E-state index contributed by atoms with van der Waals surface area (Å²) in [6.45, 7) is 6.08. The van der Waals surface area contributed by atoms with Crippen molar-refractivity contribution in [2.45, 2.75) is 27.3 Å². The molecule has 0 saturated carbocycles. The molecule has 0 spiro atoms. The first kappa shape index (κ1) is 19.8. The zero-order valence-corrected chi connectivity index (χ0v) is 17.8. The van der Waals surface area contributed by atoms with Crippen LogP contribution in [0.2, 0.25) is 0 Å². The summed E-state index contributed by atoms with van der Waals surface area (Å²) in [6, 6.07) is 13.8. The van der Waals surface area contributed by atoms with Crippen molar-refractivity contribution in [2.24, 2.45) is 0 Å². The molecule has 4 aromatic rings. The Bertz CT molecular complexity index is 1190. The number of carbonyl (C=O) groups excluding carboxylic acids is 1. The normalized spacial score (nSPS) is 10.8. The molecule has 30 heavy (non-hydrogen) atoms. The Balaban J connectivity index is 1.54. The Labute approximate surface area is 179 Å². The van der Waals surface area contributed by atoms with Crippen LogP contribution in [0.1, 0.15) is 31.8 Å². The number of aromatic nitrogens is 4. The van der Waals surface area contributed by atoms with Crippen LogP contribution in [0.4, 0.5) is 0 Å². The molecule has 0 saturated heterocycles. The van der Waals surface area contributed by atoms with Crippen molar-refractivity contribution in [1.82, 2.24) is 25.3 Å². The van der Waals surface area contributed by atoms with Gasteiger partial charge >= 0.3 is 0 Å². The molecule has 0 atom stereocenters. The lowest BCUT2D eigenvalue weighted by molar-refractivity contribution is 0.0954. The number of aryl methyl sites for hydroxylation is 3. The van der Waals surface area contributed by atoms with Gasteiger partial charge in [-0.2, -0.15) is 0 Å². The molecule has 0 fully saturated rings. The molecule has 3 heterocycles. The molecular formula is C23H21N5OS. The maximum Gasteiger partial charge on any atom is 0.263 e. The van der Waals surface area contributed by atoms with E-state index in [4.69, 9.17) is 0 Å². The topological polar surface area (TPSA) is 80.7 Å². The molecule has 1 amide bonds. The summed E-state index contributed by atoms with van der Waals surface area (Å²) in [5.41, 5.74) is 5.32. The molecule has 0 bridgehead atoms. The van der Waals surface area contributed by atoms with Crippen molar-refractivity contribution in [3.63, 3.8) is 0 Å². The van der Waals surface area contributed by atoms with Crippen LogP contribution in [-0.4, -0.2) is 25.8 Å². The van der Waals surface area contributed by atoms with Gasteiger partial charge in [-0.25, -0.2) is 15.0 Å². The second kappa shape index (κ2) is 8.51. The summed E-state index contributed by atoms with van der Waals surface area (Å²) >= 11 is 1.41. The minimum Gasteiger partial charge on any atom is -0.347 e. The van der Waals surface area contributed by atoms with Crippen molar-refractivity contribution in [3.8, 4) is 22.5 Å². The molecule has 1 N–H and O–H groups in total. The minimum atomic E-state index is -0.0916. The smallest absolute Gasteiger partial charge is 0.263 e. The first-order valence-corrected chi connectivity index (χ1v) is 10.4. The number of nitrogens with one attached hydrogen (secondary N) is 1. The lowest BCUT2D eigenvalue weighted by atomic mass is 10.0. The van der Waals surface area contributed by atoms with Crippen LogP contribution in [0.3, 0.4) is 0 Å². The maximum atomic E-state index is 12.4. The molecule has 0 aliphatic rings. The van der Waals surface area contributed by atoms with E-state index in [-0.39, 0.29) is 5.91 Å². The summed E-state index contributed by atoms with van der Waals surface area (Å²) < 4.78 is 0. The van der Waals surface area contributed by atoms with Crippen LogP contribution in [0.25, 0.3) is 22.5 Å². The molecule has 0 unspecified atom stereocenters. The third-order valence-corrected chi connectivity index (χ3v) is 5.71. The third kappa shape index (κ3) is 4.26. The Morgan fingerprint density at radius 3 is 2.47 bits per heavy atom. The number of pyridine rings is 1. The lowest BCUT2D eigenvalue weighted by Crippen LogP contribution is -2.22. The third-order valence-electron chi connectivity index (χ3n) is 4.64. The van der Waals surface area contributed by atoms with Gasteiger partial charge in [0.15, 0.2) is 0 Å². The summed E-state index contributed by atoms with van der Waals surface area (Å²) in [4.78, 5) is 30.8. The Morgan fingerprint density at radius 2 is 1.80 bits per heavy atom. The van der Waals surface area contributed by atoms with E-state index in [0.29, 0.717) is 17.2 Å². The molecule has 1 aromatic carbocycles. The largest absolute Gasteiger partial charge is 0.347 e. The monoisotopic (exact) mass is 415 g/mol. The predicted octanol–water partition coefficient (Wildman–Crippen LogP) is 4.52. The maximum absolute atomic E-state index is 12.4. The highest BCUT2D eigenvalue weighted by atomic mass is 32.1. The average molecular weight is 416 g/mol. The van der Waals surface area contributed by atoms with Gasteiger partial charge in [0.2, 0.25) is 0 Å². The van der Waals surface area contributed by atoms with E-state index in [1.165, 1.54) is 11.3 Å². The minimum absolute atomic E-state index is 0.0916. The fourth-order valence-corrected chi connectivity index (χ4v) is 4.02. The first-order chi connectivity index (χ1) is 14.5. The molecule has 0 radical (unpaired) electrons. The predicted molar refractivity (Wildman–Crippen MR) is 118 cm³/mol. The molecule has 0 aliphatic heterocycles. The highest BCUT2D eigenvalue weighted by Gasteiger charge is 2.14. The number of nitrogens with zero attached hydrogens (tertiary/aromatic N) is 4. The highest BCUT2D eigenvalue weighted by molar-refractivity contribution is 7.13. The zero-order valence-electron chi connectivity index (χ0n) is 17.0. The highest BCUT2D eigenvalue weighted by Crippen LogP contribution is 2.29. The van der Waals surface area contributed by atoms with Gasteiger partial charge < -0.3 is 5.32 Å². The molecule has 7 heteroatoms. The van der Waals surface area contributed by atoms with Gasteiger partial charge in [-0.15, -0.1) is 11.3 Å². The number of amides is 1. The van der Waals surface area contributed by atoms with Gasteiger partial charge in [0, 0.05) is 30.1 Å². The SMILES string of the molecule is Cc1ncc(-c2ccccn2)c(-c2ccc(CNC(=O)c3sc(C)nc3C)cc2)n1. The van der Waals surface area contributed by atoms with Gasteiger partial charge in [0.05, 0.1) is 22.1 Å². The van der Waals surface area contributed by atoms with Crippen molar-refractivity contribution < 1.29 is 4.79 Å². The number of thiazole rings is 1. The summed E-state index contributed by atoms with van der Waals surface area (Å²) in [6.07, 6.45) is 3.57. The molecule has 4 rings (SSSR count). The summed E-state index contributed by atoms with van der Waals surface area (Å²) in [5.74, 6) is 0.613. The lowest BCUT2D eigenvalue weighted by Gasteiger charge is -2.10. The first-order valence-electron chi connectivity index (χ1n) is 9.58. The van der Waals surface area contributed by atoms with Crippen molar-refractivity contribution in [3.05, 3.63) is 81.8 Å². The molecule has 0 aliphatic carbocycles. The van der Waals surface area contributed by atoms with Crippen molar-refractivity contribution in [2.75, 3.05) is 0 Å². The second-order valence-electron chi connectivity index (χ2n) is 6.92. The van der Waals surface area contributed by atoms with E-state index in [0.717, 1.165) is 38.8 Å². The number of hydrogen-bond donors (Lipinski definition) is 1. The van der Waals surface area contributed by atoms with Crippen molar-refractivity contribution >= 4 is 17.2 Å². The Morgan fingerprint density at radius 1 is 1.00 bits per heavy atom. The number of carbonyl (C=O) groups is 1. The van der Waals surface area contributed by atoms with Crippen LogP contribution in [0.5, 0.6) is 0 Å². The van der Waals surface area contributed by atoms with Gasteiger partial charge in [0.1, 0.15) is 10.7 Å². The molecule has 3 aromatic heterocycles. The molecule has 6 nitrogen and oxygen atoms in total. The van der Waals surface area contributed by atoms with E-state index < -0.39 is 0 Å². The van der Waals surface area contributed by atoms with Crippen LogP contribution in [0, 0.1) is 20.8 Å². The second-order valence-corrected chi connectivity index (χ2v) is 8.12. The van der Waals surface area contributed by atoms with Gasteiger partial charge in [-0.1, -0.05) is 30.3 Å². The number of hydrogen-bond acceptors (Lipinski definition) is 6. The summed E-state index contributed by atoms with van der Waals surface area (Å²) in [7, 11) is 0. The quantitative estimate of drug-likeness (QED) is 0.518. The number of rotatable bonds is 5. The van der Waals surface area contributed by atoms with E-state index in [2.05, 4.69) is 25.3 Å². The number of benzene rings is 1. The average Bonchev–Trinajstić information content (AvgIpc) is 3.11. The van der Waals surface area contributed by atoms with Crippen LogP contribution in [0.15, 0.2) is 54.9 Å². The van der Waals surface area contributed by atoms with Gasteiger partial charge in [-0.3, -0.25) is 9.78 Å². The van der Waals surface area contributed by atoms with E-state index in [1.54, 1.807) is 6.20 Å². The Hall–Kier alpha value is -3.45. The van der Waals surface area contributed by atoms with E-state index >= 15 is 0 Å². The molecule has 150 valence electrons. The van der Waals surface area contributed by atoms with Crippen LogP contribution >= 0.6 is 11.3 Å². The standard InChI is InChI=1S/C23H21N5OS/c1-14-22(30-16(3)27-14)23(29)26-12-17-7-9-18(10-8-17)21-19(13-25-15(2)28-21)20-6-4-5-11-24-20/h4-11,13H,12H2,1-3H3,(H,26,29). The Kier molecular flexibility index (Phi) is 5.63. The van der Waals surface area contributed by atoms with Gasteiger partial charge in [0.25, 0.3) is 5.91 Å². The van der Waals surface area contributed by atoms with Crippen LogP contribution in [-0.2, 0) is 6.54 Å². The van der Waals surface area contributed by atoms with Crippen LogP contribution < -0.4 is 5.32 Å². The molecular weight excluding hydrogens is 394 g/mol. The summed E-state index contributed by atoms with van der Waals surface area (Å²) in [5, 5.41) is 3.87. The van der Waals surface area contributed by atoms with Crippen molar-refractivity contribution in [1.29, 1.82) is 0 Å². The van der Waals surface area contributed by atoms with E-state index in [9.17, 15) is 4.79 Å².